The van der Waals surface area contributed by atoms with Gasteiger partial charge in [0, 0.05) is 12.6 Å². The van der Waals surface area contributed by atoms with Crippen LogP contribution in [0.15, 0.2) is 0 Å². The average Bonchev–Trinajstić information content (AvgIpc) is 1.94. The molecule has 1 saturated heterocycles. The van der Waals surface area contributed by atoms with E-state index in [-0.39, 0.29) is 0 Å². The molecule has 0 radical (unpaired) electrons. The van der Waals surface area contributed by atoms with E-state index in [1.54, 1.807) is 0 Å². The second-order valence-corrected chi connectivity index (χ2v) is 3.95. The Morgan fingerprint density at radius 2 is 2.27 bits per heavy atom. The first-order chi connectivity index (χ1) is 5.05. The number of aliphatic hydroxyl groups is 1. The molecule has 0 bridgehead atoms. The summed E-state index contributed by atoms with van der Waals surface area (Å²) in [5.74, 6) is 0. The van der Waals surface area contributed by atoms with Crippen LogP contribution in [0.4, 0.5) is 0 Å². The van der Waals surface area contributed by atoms with Crippen molar-refractivity contribution in [3.05, 3.63) is 0 Å². The van der Waals surface area contributed by atoms with Gasteiger partial charge in [-0.2, -0.15) is 0 Å². The average molecular weight is 157 g/mol. The van der Waals surface area contributed by atoms with Crippen LogP contribution >= 0.6 is 0 Å². The predicted molar refractivity (Wildman–Crippen MR) is 46.6 cm³/mol. The van der Waals surface area contributed by atoms with Gasteiger partial charge in [-0.05, 0) is 33.2 Å². The van der Waals surface area contributed by atoms with Gasteiger partial charge < -0.3 is 5.11 Å². The Labute approximate surface area is 69.2 Å². The molecule has 1 rings (SSSR count). The van der Waals surface area contributed by atoms with E-state index >= 15 is 0 Å². The molecule has 0 aromatic heterocycles. The minimum atomic E-state index is -0.442. The number of piperidine rings is 1. The second-order valence-electron chi connectivity index (χ2n) is 3.95. The molecule has 1 fully saturated rings. The highest BCUT2D eigenvalue weighted by molar-refractivity contribution is 4.86. The maximum absolute atomic E-state index is 9.75. The summed E-state index contributed by atoms with van der Waals surface area (Å²) < 4.78 is 0. The molecule has 0 saturated carbocycles. The van der Waals surface area contributed by atoms with Gasteiger partial charge in [-0.25, -0.2) is 0 Å². The van der Waals surface area contributed by atoms with Gasteiger partial charge in [-0.1, -0.05) is 6.92 Å². The summed E-state index contributed by atoms with van der Waals surface area (Å²) in [4.78, 5) is 2.34. The van der Waals surface area contributed by atoms with Crippen molar-refractivity contribution in [3.63, 3.8) is 0 Å². The maximum atomic E-state index is 9.75. The smallest absolute Gasteiger partial charge is 0.0746 e. The van der Waals surface area contributed by atoms with Crippen molar-refractivity contribution >= 4 is 0 Å². The van der Waals surface area contributed by atoms with Gasteiger partial charge in [-0.15, -0.1) is 0 Å². The van der Waals surface area contributed by atoms with Gasteiger partial charge in [0.25, 0.3) is 0 Å². The molecule has 2 heteroatoms. The molecule has 0 aromatic carbocycles. The lowest BCUT2D eigenvalue weighted by molar-refractivity contribution is -0.0330. The standard InChI is InChI=1S/C9H19NO/c1-4-10-7-9(3,11)6-5-8(10)2/h8,11H,4-7H2,1-3H3/t8-,9-/m1/s1. The van der Waals surface area contributed by atoms with Crippen molar-refractivity contribution < 1.29 is 5.11 Å². The third-order valence-corrected chi connectivity index (χ3v) is 2.67. The first kappa shape index (κ1) is 9.01. The normalized spacial score (nSPS) is 40.9. The Bertz CT molecular complexity index is 134. The molecular formula is C9H19NO. The van der Waals surface area contributed by atoms with Crippen LogP contribution in [0.25, 0.3) is 0 Å². The SMILES string of the molecule is CCN1C[C@](C)(O)CC[C@H]1C. The van der Waals surface area contributed by atoms with E-state index in [2.05, 4.69) is 18.7 Å². The largest absolute Gasteiger partial charge is 0.389 e. The fraction of sp³-hybridized carbons (Fsp3) is 1.00. The van der Waals surface area contributed by atoms with Crippen molar-refractivity contribution in [1.29, 1.82) is 0 Å². The van der Waals surface area contributed by atoms with Crippen LogP contribution in [0.1, 0.15) is 33.6 Å². The quantitative estimate of drug-likeness (QED) is 0.619. The van der Waals surface area contributed by atoms with Crippen LogP contribution in [0.5, 0.6) is 0 Å². The first-order valence-corrected chi connectivity index (χ1v) is 4.51. The number of likely N-dealkylation sites (tertiary alicyclic amines) is 1. The third-order valence-electron chi connectivity index (χ3n) is 2.67. The van der Waals surface area contributed by atoms with Crippen molar-refractivity contribution in [2.24, 2.45) is 0 Å². The fourth-order valence-corrected chi connectivity index (χ4v) is 1.80. The Morgan fingerprint density at radius 3 is 2.73 bits per heavy atom. The Kier molecular flexibility index (Phi) is 2.55. The van der Waals surface area contributed by atoms with Gasteiger partial charge in [0.2, 0.25) is 0 Å². The Hall–Kier alpha value is -0.0800. The summed E-state index contributed by atoms with van der Waals surface area (Å²) in [6, 6.07) is 0.653. The van der Waals surface area contributed by atoms with E-state index in [0.29, 0.717) is 6.04 Å². The van der Waals surface area contributed by atoms with E-state index in [1.807, 2.05) is 6.92 Å². The highest BCUT2D eigenvalue weighted by atomic mass is 16.3. The predicted octanol–water partition coefficient (Wildman–Crippen LogP) is 1.24. The van der Waals surface area contributed by atoms with E-state index in [1.165, 1.54) is 0 Å². The van der Waals surface area contributed by atoms with E-state index in [0.717, 1.165) is 25.9 Å². The summed E-state index contributed by atoms with van der Waals surface area (Å²) in [7, 11) is 0. The molecular weight excluding hydrogens is 138 g/mol. The molecule has 66 valence electrons. The number of likely N-dealkylation sites (N-methyl/N-ethyl adjacent to an activating group) is 1. The summed E-state index contributed by atoms with van der Waals surface area (Å²) >= 11 is 0. The highest BCUT2D eigenvalue weighted by Gasteiger charge is 2.31. The van der Waals surface area contributed by atoms with Gasteiger partial charge in [0.05, 0.1) is 5.60 Å². The minimum Gasteiger partial charge on any atom is -0.389 e. The molecule has 0 amide bonds. The third kappa shape index (κ3) is 2.17. The summed E-state index contributed by atoms with van der Waals surface area (Å²) in [5, 5.41) is 9.75. The van der Waals surface area contributed by atoms with Crippen molar-refractivity contribution in [2.45, 2.75) is 45.3 Å². The molecule has 1 N–H and O–H groups in total. The van der Waals surface area contributed by atoms with Crippen molar-refractivity contribution in [3.8, 4) is 0 Å². The zero-order chi connectivity index (χ0) is 8.48. The fourth-order valence-electron chi connectivity index (χ4n) is 1.80. The van der Waals surface area contributed by atoms with Gasteiger partial charge in [0.1, 0.15) is 0 Å². The van der Waals surface area contributed by atoms with Gasteiger partial charge in [-0.3, -0.25) is 4.90 Å². The van der Waals surface area contributed by atoms with Crippen LogP contribution in [0, 0.1) is 0 Å². The lowest BCUT2D eigenvalue weighted by Crippen LogP contribution is -2.49. The lowest BCUT2D eigenvalue weighted by Gasteiger charge is -2.40. The number of β-amino-alcohol motifs (C(OH)–C–C–N with tert-alkyl or cyclic N) is 1. The first-order valence-electron chi connectivity index (χ1n) is 4.51. The molecule has 0 unspecified atom stereocenters. The zero-order valence-electron chi connectivity index (χ0n) is 7.80. The molecule has 11 heavy (non-hydrogen) atoms. The molecule has 2 atom stereocenters. The molecule has 1 aliphatic rings. The number of nitrogens with zero attached hydrogens (tertiary/aromatic N) is 1. The van der Waals surface area contributed by atoms with Crippen LogP contribution in [0.2, 0.25) is 0 Å². The molecule has 1 heterocycles. The Balaban J connectivity index is 2.51. The second kappa shape index (κ2) is 3.11. The van der Waals surface area contributed by atoms with Gasteiger partial charge in [0.15, 0.2) is 0 Å². The number of rotatable bonds is 1. The summed E-state index contributed by atoms with van der Waals surface area (Å²) in [6.07, 6.45) is 2.07. The minimum absolute atomic E-state index is 0.442. The number of hydrogen-bond donors (Lipinski definition) is 1. The van der Waals surface area contributed by atoms with Crippen molar-refractivity contribution in [2.75, 3.05) is 13.1 Å². The molecule has 2 nitrogen and oxygen atoms in total. The number of hydrogen-bond acceptors (Lipinski definition) is 2. The summed E-state index contributed by atoms with van der Waals surface area (Å²) in [5.41, 5.74) is -0.442. The van der Waals surface area contributed by atoms with E-state index in [9.17, 15) is 5.11 Å². The van der Waals surface area contributed by atoms with E-state index in [4.69, 9.17) is 0 Å². The van der Waals surface area contributed by atoms with Crippen molar-refractivity contribution in [1.82, 2.24) is 4.90 Å². The highest BCUT2D eigenvalue weighted by Crippen LogP contribution is 2.24. The molecule has 0 spiro atoms. The Morgan fingerprint density at radius 1 is 1.64 bits per heavy atom. The molecule has 1 aliphatic heterocycles. The topological polar surface area (TPSA) is 23.5 Å². The lowest BCUT2D eigenvalue weighted by atomic mass is 9.91. The van der Waals surface area contributed by atoms with Crippen LogP contribution < -0.4 is 0 Å². The van der Waals surface area contributed by atoms with Gasteiger partial charge >= 0.3 is 0 Å². The molecule has 0 aliphatic carbocycles. The monoisotopic (exact) mass is 157 g/mol. The zero-order valence-corrected chi connectivity index (χ0v) is 7.80. The van der Waals surface area contributed by atoms with Crippen LogP contribution in [-0.4, -0.2) is 34.7 Å². The van der Waals surface area contributed by atoms with Crippen LogP contribution in [0.3, 0.4) is 0 Å². The maximum Gasteiger partial charge on any atom is 0.0746 e. The summed E-state index contributed by atoms with van der Waals surface area (Å²) in [6.45, 7) is 8.21. The van der Waals surface area contributed by atoms with E-state index < -0.39 is 5.60 Å². The molecule has 0 aromatic rings. The van der Waals surface area contributed by atoms with Crippen LogP contribution in [-0.2, 0) is 0 Å².